The summed E-state index contributed by atoms with van der Waals surface area (Å²) in [6, 6.07) is 7.24. The van der Waals surface area contributed by atoms with Gasteiger partial charge in [0.15, 0.2) is 6.61 Å². The Morgan fingerprint density at radius 2 is 2.09 bits per heavy atom. The number of aliphatic imine (C=N–C) groups is 1. The second-order valence-corrected chi connectivity index (χ2v) is 4.84. The number of benzene rings is 1. The number of hydrogen-bond donors (Lipinski definition) is 0. The lowest BCUT2D eigenvalue weighted by molar-refractivity contribution is -0.391. The minimum Gasteiger partial charge on any atom is -0.483 e. The third kappa shape index (κ3) is 3.81. The van der Waals surface area contributed by atoms with Crippen LogP contribution in [0.4, 0.5) is 11.5 Å². The van der Waals surface area contributed by atoms with Gasteiger partial charge in [-0.3, -0.25) is 0 Å². The Kier molecular flexibility index (Phi) is 4.72. The first-order valence-corrected chi connectivity index (χ1v) is 6.56. The minimum absolute atomic E-state index is 0.0630. The van der Waals surface area contributed by atoms with Crippen LogP contribution in [0.1, 0.15) is 5.82 Å². The Morgan fingerprint density at radius 1 is 1.41 bits per heavy atom. The second-order valence-electron chi connectivity index (χ2n) is 4.84. The Balaban J connectivity index is 1.99. The summed E-state index contributed by atoms with van der Waals surface area (Å²) in [7, 11) is 5.38. The average molecular weight is 303 g/mol. The van der Waals surface area contributed by atoms with E-state index in [1.54, 1.807) is 25.5 Å². The maximum atomic E-state index is 10.7. The van der Waals surface area contributed by atoms with Crippen molar-refractivity contribution in [1.82, 2.24) is 14.5 Å². The third-order valence-electron chi connectivity index (χ3n) is 2.89. The molecule has 0 aliphatic heterocycles. The van der Waals surface area contributed by atoms with E-state index in [9.17, 15) is 10.1 Å². The summed E-state index contributed by atoms with van der Waals surface area (Å²) >= 11 is 0. The maximum absolute atomic E-state index is 10.7. The molecule has 1 heterocycles. The molecule has 0 radical (unpaired) electrons. The molecule has 1 aromatic carbocycles. The van der Waals surface area contributed by atoms with Crippen LogP contribution in [0.15, 0.2) is 35.5 Å². The van der Waals surface area contributed by atoms with Gasteiger partial charge in [0.2, 0.25) is 5.82 Å². The molecular formula is C14H17N5O3. The van der Waals surface area contributed by atoms with Gasteiger partial charge in [0.05, 0.1) is 19.1 Å². The summed E-state index contributed by atoms with van der Waals surface area (Å²) in [5.74, 6) is 1.07. The van der Waals surface area contributed by atoms with Crippen LogP contribution < -0.4 is 4.74 Å². The van der Waals surface area contributed by atoms with Crippen LogP contribution in [0.2, 0.25) is 0 Å². The fourth-order valence-electron chi connectivity index (χ4n) is 1.70. The van der Waals surface area contributed by atoms with Crippen LogP contribution in [-0.4, -0.2) is 39.8 Å². The van der Waals surface area contributed by atoms with Gasteiger partial charge < -0.3 is 19.8 Å². The van der Waals surface area contributed by atoms with E-state index in [1.807, 2.05) is 31.1 Å². The highest BCUT2D eigenvalue weighted by Gasteiger charge is 2.16. The maximum Gasteiger partial charge on any atom is 0.342 e. The van der Waals surface area contributed by atoms with E-state index in [0.717, 1.165) is 5.69 Å². The predicted octanol–water partition coefficient (Wildman–Crippen LogP) is 2.13. The fraction of sp³-hybridized carbons (Fsp3) is 0.286. The zero-order valence-electron chi connectivity index (χ0n) is 12.6. The van der Waals surface area contributed by atoms with Crippen LogP contribution in [0.25, 0.3) is 0 Å². The van der Waals surface area contributed by atoms with Crippen LogP contribution in [0, 0.1) is 10.1 Å². The van der Waals surface area contributed by atoms with Crippen LogP contribution in [-0.2, 0) is 13.7 Å². The van der Waals surface area contributed by atoms with Crippen molar-refractivity contribution >= 4 is 17.8 Å². The van der Waals surface area contributed by atoms with Crippen molar-refractivity contribution in [1.29, 1.82) is 0 Å². The SMILES string of the molecule is CN(C)C=Nc1ccc(OCc2ncc([N+](=O)[O-])n2C)cc1. The number of nitrogens with zero attached hydrogens (tertiary/aromatic N) is 5. The number of hydrogen-bond acceptors (Lipinski definition) is 5. The summed E-state index contributed by atoms with van der Waals surface area (Å²) in [5.41, 5.74) is 0.814. The fourth-order valence-corrected chi connectivity index (χ4v) is 1.70. The van der Waals surface area contributed by atoms with E-state index in [-0.39, 0.29) is 12.4 Å². The summed E-state index contributed by atoms with van der Waals surface area (Å²) < 4.78 is 6.98. The van der Waals surface area contributed by atoms with Crippen molar-refractivity contribution in [2.45, 2.75) is 6.61 Å². The molecule has 0 aliphatic carbocycles. The Morgan fingerprint density at radius 3 is 2.64 bits per heavy atom. The summed E-state index contributed by atoms with van der Waals surface area (Å²) in [5, 5.41) is 10.7. The zero-order chi connectivity index (χ0) is 16.1. The van der Waals surface area contributed by atoms with Crippen molar-refractivity contribution in [3.63, 3.8) is 0 Å². The molecule has 0 saturated heterocycles. The highest BCUT2D eigenvalue weighted by atomic mass is 16.6. The van der Waals surface area contributed by atoms with Gasteiger partial charge in [0.25, 0.3) is 0 Å². The smallest absolute Gasteiger partial charge is 0.342 e. The molecule has 0 atom stereocenters. The number of aromatic nitrogens is 2. The van der Waals surface area contributed by atoms with E-state index in [2.05, 4.69) is 9.98 Å². The summed E-state index contributed by atoms with van der Waals surface area (Å²) in [6.07, 6.45) is 2.93. The monoisotopic (exact) mass is 303 g/mol. The lowest BCUT2D eigenvalue weighted by atomic mass is 10.3. The molecule has 2 rings (SSSR count). The molecule has 0 N–H and O–H groups in total. The number of nitro groups is 1. The molecular weight excluding hydrogens is 286 g/mol. The lowest BCUT2D eigenvalue weighted by Gasteiger charge is -2.05. The second kappa shape index (κ2) is 6.70. The van der Waals surface area contributed by atoms with Gasteiger partial charge in [-0.15, -0.1) is 0 Å². The molecule has 8 nitrogen and oxygen atoms in total. The van der Waals surface area contributed by atoms with Gasteiger partial charge in [-0.1, -0.05) is 0 Å². The molecule has 116 valence electrons. The van der Waals surface area contributed by atoms with Gasteiger partial charge in [0, 0.05) is 14.1 Å². The molecule has 0 amide bonds. The average Bonchev–Trinajstić information content (AvgIpc) is 2.85. The molecule has 1 aromatic heterocycles. The van der Waals surface area contributed by atoms with Crippen LogP contribution >= 0.6 is 0 Å². The number of ether oxygens (including phenoxy) is 1. The molecule has 0 unspecified atom stereocenters. The van der Waals surface area contributed by atoms with E-state index in [1.165, 1.54) is 10.8 Å². The number of rotatable bonds is 6. The highest BCUT2D eigenvalue weighted by Crippen LogP contribution is 2.19. The first-order chi connectivity index (χ1) is 10.5. The molecule has 8 heteroatoms. The van der Waals surface area contributed by atoms with Gasteiger partial charge in [-0.2, -0.15) is 0 Å². The third-order valence-corrected chi connectivity index (χ3v) is 2.89. The van der Waals surface area contributed by atoms with E-state index >= 15 is 0 Å². The first-order valence-electron chi connectivity index (χ1n) is 6.56. The summed E-state index contributed by atoms with van der Waals surface area (Å²) in [6.45, 7) is 0.157. The van der Waals surface area contributed by atoms with E-state index < -0.39 is 4.92 Å². The first kappa shape index (κ1) is 15.5. The highest BCUT2D eigenvalue weighted by molar-refractivity contribution is 5.60. The van der Waals surface area contributed by atoms with Crippen molar-refractivity contribution in [2.24, 2.45) is 12.0 Å². The largest absolute Gasteiger partial charge is 0.483 e. The van der Waals surface area contributed by atoms with Crippen molar-refractivity contribution in [3.05, 3.63) is 46.4 Å². The Labute approximate surface area is 127 Å². The normalized spacial score (nSPS) is 10.9. The molecule has 0 spiro atoms. The zero-order valence-corrected chi connectivity index (χ0v) is 12.6. The predicted molar refractivity (Wildman–Crippen MR) is 82.5 cm³/mol. The van der Waals surface area contributed by atoms with Crippen molar-refractivity contribution < 1.29 is 9.66 Å². The van der Waals surface area contributed by atoms with Gasteiger partial charge >= 0.3 is 5.82 Å². The molecule has 0 bridgehead atoms. The number of imidazole rings is 1. The molecule has 22 heavy (non-hydrogen) atoms. The Hall–Kier alpha value is -2.90. The van der Waals surface area contributed by atoms with Crippen molar-refractivity contribution in [3.8, 4) is 5.75 Å². The Bertz CT molecular complexity index is 676. The standard InChI is InChI=1S/C14H17N5O3/c1-17(2)10-16-11-4-6-12(7-5-11)22-9-13-15-8-14(18(13)3)19(20)21/h4-8,10H,9H2,1-3H3. The van der Waals surface area contributed by atoms with Crippen LogP contribution in [0.3, 0.4) is 0 Å². The van der Waals surface area contributed by atoms with E-state index in [0.29, 0.717) is 11.6 Å². The van der Waals surface area contributed by atoms with Crippen LogP contribution in [0.5, 0.6) is 5.75 Å². The van der Waals surface area contributed by atoms with Gasteiger partial charge in [-0.25, -0.2) is 14.5 Å². The molecule has 0 saturated carbocycles. The summed E-state index contributed by atoms with van der Waals surface area (Å²) in [4.78, 5) is 20.4. The van der Waals surface area contributed by atoms with Gasteiger partial charge in [0.1, 0.15) is 11.9 Å². The topological polar surface area (TPSA) is 85.8 Å². The lowest BCUT2D eigenvalue weighted by Crippen LogP contribution is -2.07. The van der Waals surface area contributed by atoms with Gasteiger partial charge in [-0.05, 0) is 29.2 Å². The van der Waals surface area contributed by atoms with Crippen molar-refractivity contribution in [2.75, 3.05) is 14.1 Å². The van der Waals surface area contributed by atoms with E-state index in [4.69, 9.17) is 4.74 Å². The molecule has 0 aliphatic rings. The quantitative estimate of drug-likeness (QED) is 0.353. The molecule has 0 fully saturated rings. The molecule has 2 aromatic rings. The minimum atomic E-state index is -0.478.